The lowest BCUT2D eigenvalue weighted by atomic mass is 10.1. The lowest BCUT2D eigenvalue weighted by Crippen LogP contribution is -2.46. The summed E-state index contributed by atoms with van der Waals surface area (Å²) in [6.45, 7) is 3.23. The topological polar surface area (TPSA) is 97.7 Å². The Kier molecular flexibility index (Phi) is 7.19. The van der Waals surface area contributed by atoms with Crippen LogP contribution in [0.4, 0.5) is 19.3 Å². The first-order chi connectivity index (χ1) is 18.6. The van der Waals surface area contributed by atoms with Crippen LogP contribution in [0.2, 0.25) is 5.02 Å². The predicted molar refractivity (Wildman–Crippen MR) is 146 cm³/mol. The molecule has 8 nitrogen and oxygen atoms in total. The Balaban J connectivity index is 1.46. The van der Waals surface area contributed by atoms with Crippen molar-refractivity contribution >= 4 is 55.8 Å². The van der Waals surface area contributed by atoms with E-state index in [0.717, 1.165) is 22.5 Å². The molecule has 3 heterocycles. The Hall–Kier alpha value is -4.09. The molecular weight excluding hydrogens is 550 g/mol. The van der Waals surface area contributed by atoms with E-state index >= 15 is 4.39 Å². The van der Waals surface area contributed by atoms with Crippen molar-refractivity contribution in [3.63, 3.8) is 0 Å². The molecule has 3 aromatic heterocycles. The molecule has 0 saturated heterocycles. The van der Waals surface area contributed by atoms with Crippen molar-refractivity contribution in [2.24, 2.45) is 0 Å². The molecule has 0 saturated carbocycles. The minimum absolute atomic E-state index is 0.0570. The molecule has 0 spiro atoms. The average Bonchev–Trinajstić information content (AvgIpc) is 3.31. The fourth-order valence-electron chi connectivity index (χ4n) is 4.14. The maximum absolute atomic E-state index is 15.1. The number of fused-ring (bicyclic) bond motifs is 2. The van der Waals surface area contributed by atoms with Crippen LogP contribution in [0.3, 0.4) is 0 Å². The van der Waals surface area contributed by atoms with E-state index in [-0.39, 0.29) is 11.4 Å². The fourth-order valence-corrected chi connectivity index (χ4v) is 5.36. The SMILES string of the molecule is COc1cnc2c(-c3nc4cc(F)c(O[C@@H](C)[C@@H](C)N(C(=O)O)c5ccc(F)nc5)cc4s3)cc(Cl)cc2c1. The average molecular weight is 571 g/mol. The second-order valence-corrected chi connectivity index (χ2v) is 10.2. The van der Waals surface area contributed by atoms with Crippen molar-refractivity contribution < 1.29 is 28.2 Å². The first-order valence-corrected chi connectivity index (χ1v) is 12.9. The van der Waals surface area contributed by atoms with Crippen molar-refractivity contribution in [3.8, 4) is 22.1 Å². The van der Waals surface area contributed by atoms with E-state index in [1.165, 1.54) is 29.5 Å². The molecule has 1 N–H and O–H groups in total. The Morgan fingerprint density at radius 3 is 2.59 bits per heavy atom. The summed E-state index contributed by atoms with van der Waals surface area (Å²) in [6, 6.07) is 9.75. The summed E-state index contributed by atoms with van der Waals surface area (Å²) in [4.78, 5) is 25.6. The number of nitrogens with zero attached hydrogens (tertiary/aromatic N) is 4. The van der Waals surface area contributed by atoms with Crippen LogP contribution in [-0.2, 0) is 0 Å². The lowest BCUT2D eigenvalue weighted by Gasteiger charge is -2.31. The van der Waals surface area contributed by atoms with Gasteiger partial charge in [0.15, 0.2) is 11.6 Å². The summed E-state index contributed by atoms with van der Waals surface area (Å²) in [5, 5.41) is 11.6. The van der Waals surface area contributed by atoms with Gasteiger partial charge in [-0.05, 0) is 44.2 Å². The number of hydrogen-bond donors (Lipinski definition) is 1. The highest BCUT2D eigenvalue weighted by Gasteiger charge is 2.28. The molecule has 39 heavy (non-hydrogen) atoms. The third kappa shape index (κ3) is 5.27. The summed E-state index contributed by atoms with van der Waals surface area (Å²) < 4.78 is 40.1. The number of thiazole rings is 1. The Morgan fingerprint density at radius 1 is 1.10 bits per heavy atom. The van der Waals surface area contributed by atoms with Crippen LogP contribution in [0.25, 0.3) is 31.7 Å². The number of aromatic nitrogens is 3. The van der Waals surface area contributed by atoms with E-state index in [1.54, 1.807) is 39.3 Å². The Bertz CT molecular complexity index is 1700. The summed E-state index contributed by atoms with van der Waals surface area (Å²) >= 11 is 7.68. The van der Waals surface area contributed by atoms with Gasteiger partial charge in [0, 0.05) is 28.1 Å². The molecule has 200 valence electrons. The summed E-state index contributed by atoms with van der Waals surface area (Å²) in [6.07, 6.45) is 0.655. The second kappa shape index (κ2) is 10.6. The standard InChI is InChI=1S/C27H21ClF2N4O4S/c1-13(34(27(35)36)17-4-5-24(30)31-11-17)14(2)38-22-10-23-21(9-20(22)29)33-26(39-23)19-8-16(28)6-15-7-18(37-3)12-32-25(15)19/h4-14H,1-3H3,(H,35,36)/t13-,14+/m1/s1. The smallest absolute Gasteiger partial charge is 0.412 e. The van der Waals surface area contributed by atoms with Crippen LogP contribution < -0.4 is 14.4 Å². The van der Waals surface area contributed by atoms with Gasteiger partial charge in [-0.3, -0.25) is 9.88 Å². The summed E-state index contributed by atoms with van der Waals surface area (Å²) in [5.41, 5.74) is 1.94. The van der Waals surface area contributed by atoms with Crippen molar-refractivity contribution in [1.82, 2.24) is 15.0 Å². The van der Waals surface area contributed by atoms with Crippen LogP contribution in [0, 0.1) is 11.8 Å². The van der Waals surface area contributed by atoms with Crippen LogP contribution in [0.5, 0.6) is 11.5 Å². The number of anilines is 1. The lowest BCUT2D eigenvalue weighted by molar-refractivity contribution is 0.167. The number of rotatable bonds is 7. The molecule has 0 aliphatic rings. The van der Waals surface area contributed by atoms with Gasteiger partial charge in [-0.25, -0.2) is 19.2 Å². The van der Waals surface area contributed by atoms with Crippen LogP contribution in [0.1, 0.15) is 13.8 Å². The molecule has 0 unspecified atom stereocenters. The highest BCUT2D eigenvalue weighted by molar-refractivity contribution is 7.21. The zero-order valence-electron chi connectivity index (χ0n) is 20.9. The molecule has 0 aliphatic heterocycles. The predicted octanol–water partition coefficient (Wildman–Crippen LogP) is 7.19. The molecule has 0 aliphatic carbocycles. The second-order valence-electron chi connectivity index (χ2n) is 8.72. The normalized spacial score (nSPS) is 12.9. The molecule has 2 atom stereocenters. The first-order valence-electron chi connectivity index (χ1n) is 11.7. The summed E-state index contributed by atoms with van der Waals surface area (Å²) in [5.74, 6) is -0.855. The van der Waals surface area contributed by atoms with Crippen LogP contribution in [0.15, 0.2) is 54.9 Å². The number of carbonyl (C=O) groups is 1. The molecule has 5 aromatic rings. The number of methoxy groups -OCH3 is 1. The quantitative estimate of drug-likeness (QED) is 0.207. The number of benzene rings is 2. The molecule has 12 heteroatoms. The highest BCUT2D eigenvalue weighted by atomic mass is 35.5. The van der Waals surface area contributed by atoms with Crippen LogP contribution >= 0.6 is 22.9 Å². The molecule has 1 amide bonds. The first kappa shape index (κ1) is 26.5. The monoisotopic (exact) mass is 570 g/mol. The zero-order valence-corrected chi connectivity index (χ0v) is 22.4. The van der Waals surface area contributed by atoms with Gasteiger partial charge in [-0.2, -0.15) is 4.39 Å². The number of halogens is 3. The highest BCUT2D eigenvalue weighted by Crippen LogP contribution is 2.38. The number of carboxylic acid groups (broad SMARTS) is 1. The Labute approximate surface area is 230 Å². The van der Waals surface area contributed by atoms with Gasteiger partial charge in [0.2, 0.25) is 5.95 Å². The minimum Gasteiger partial charge on any atom is -0.495 e. The van der Waals surface area contributed by atoms with Gasteiger partial charge >= 0.3 is 6.09 Å². The number of hydrogen-bond acceptors (Lipinski definition) is 7. The molecule has 0 fully saturated rings. The van der Waals surface area contributed by atoms with E-state index in [0.29, 0.717) is 37.1 Å². The van der Waals surface area contributed by atoms with Gasteiger partial charge in [-0.15, -0.1) is 11.3 Å². The van der Waals surface area contributed by atoms with Gasteiger partial charge in [0.25, 0.3) is 0 Å². The van der Waals surface area contributed by atoms with E-state index in [1.807, 2.05) is 6.07 Å². The third-order valence-electron chi connectivity index (χ3n) is 6.23. The number of amides is 1. The van der Waals surface area contributed by atoms with Crippen LogP contribution in [-0.4, -0.2) is 45.4 Å². The maximum atomic E-state index is 15.1. The molecule has 0 bridgehead atoms. The van der Waals surface area contributed by atoms with Crippen molar-refractivity contribution in [2.45, 2.75) is 26.0 Å². The van der Waals surface area contributed by atoms with E-state index in [9.17, 15) is 14.3 Å². The van der Waals surface area contributed by atoms with Crippen molar-refractivity contribution in [1.29, 1.82) is 0 Å². The fraction of sp³-hybridized carbons (Fsp3) is 0.185. The van der Waals surface area contributed by atoms with Gasteiger partial charge in [0.1, 0.15) is 16.9 Å². The van der Waals surface area contributed by atoms with Crippen molar-refractivity contribution in [2.75, 3.05) is 12.0 Å². The van der Waals surface area contributed by atoms with Gasteiger partial charge in [-0.1, -0.05) is 11.6 Å². The number of pyridine rings is 2. The van der Waals surface area contributed by atoms with Gasteiger partial charge in [0.05, 0.1) is 47.0 Å². The van der Waals surface area contributed by atoms with E-state index in [4.69, 9.17) is 21.1 Å². The largest absolute Gasteiger partial charge is 0.495 e. The maximum Gasteiger partial charge on any atom is 0.412 e. The van der Waals surface area contributed by atoms with Crippen molar-refractivity contribution in [3.05, 3.63) is 71.6 Å². The number of ether oxygens (including phenoxy) is 2. The zero-order chi connectivity index (χ0) is 27.8. The van der Waals surface area contributed by atoms with Gasteiger partial charge < -0.3 is 14.6 Å². The summed E-state index contributed by atoms with van der Waals surface area (Å²) in [7, 11) is 1.55. The third-order valence-corrected chi connectivity index (χ3v) is 7.50. The van der Waals surface area contributed by atoms with E-state index in [2.05, 4.69) is 15.0 Å². The minimum atomic E-state index is -1.28. The molecular formula is C27H21ClF2N4O4S. The molecule has 2 aromatic carbocycles. The Morgan fingerprint density at radius 2 is 1.90 bits per heavy atom. The molecule has 0 radical (unpaired) electrons. The van der Waals surface area contributed by atoms with E-state index < -0.39 is 30.0 Å². The molecule has 5 rings (SSSR count).